The number of halogens is 1. The highest BCUT2D eigenvalue weighted by Crippen LogP contribution is 2.12. The second-order valence-corrected chi connectivity index (χ2v) is 2.31. The normalized spacial score (nSPS) is 10.4. The van der Waals surface area contributed by atoms with Crippen LogP contribution in [0.1, 0.15) is 13.8 Å². The van der Waals surface area contributed by atoms with Crippen LogP contribution in [0, 0.1) is 10.8 Å². The standard InChI is InChI=1S/C7H16N4O2.ClH/c1-3-12-7(5(8)9,6(10)11)13-4-2;/h3-4H2,1-2H3,(H3,8,9)(H3,10,11);1H. The Bertz CT molecular complexity index is 188. The van der Waals surface area contributed by atoms with Gasteiger partial charge in [-0.15, -0.1) is 12.4 Å². The average molecular weight is 225 g/mol. The van der Waals surface area contributed by atoms with Crippen LogP contribution >= 0.6 is 12.4 Å². The van der Waals surface area contributed by atoms with E-state index in [-0.39, 0.29) is 25.6 Å². The molecule has 0 unspecified atom stereocenters. The summed E-state index contributed by atoms with van der Waals surface area (Å²) >= 11 is 0. The van der Waals surface area contributed by atoms with E-state index >= 15 is 0 Å². The molecule has 84 valence electrons. The first-order chi connectivity index (χ1) is 6.01. The number of nitrogens with two attached hydrogens (primary N) is 2. The fourth-order valence-corrected chi connectivity index (χ4v) is 0.904. The Hall–Kier alpha value is -0.850. The lowest BCUT2D eigenvalue weighted by Gasteiger charge is -2.29. The van der Waals surface area contributed by atoms with Crippen LogP contribution in [0.25, 0.3) is 0 Å². The first-order valence-electron chi connectivity index (χ1n) is 3.98. The third-order valence-corrected chi connectivity index (χ3v) is 1.40. The lowest BCUT2D eigenvalue weighted by Crippen LogP contribution is -2.57. The van der Waals surface area contributed by atoms with Gasteiger partial charge in [0, 0.05) is 13.2 Å². The van der Waals surface area contributed by atoms with Gasteiger partial charge in [0.1, 0.15) is 0 Å². The Balaban J connectivity index is 0. The van der Waals surface area contributed by atoms with Crippen molar-refractivity contribution in [2.45, 2.75) is 19.6 Å². The molecule has 0 amide bonds. The van der Waals surface area contributed by atoms with Crippen molar-refractivity contribution < 1.29 is 9.47 Å². The lowest BCUT2D eigenvalue weighted by molar-refractivity contribution is -0.138. The van der Waals surface area contributed by atoms with E-state index in [0.29, 0.717) is 0 Å². The molecule has 0 aliphatic carbocycles. The van der Waals surface area contributed by atoms with Crippen molar-refractivity contribution in [3.8, 4) is 0 Å². The summed E-state index contributed by atoms with van der Waals surface area (Å²) in [6.45, 7) is 3.94. The van der Waals surface area contributed by atoms with Crippen molar-refractivity contribution >= 4 is 24.1 Å². The van der Waals surface area contributed by atoms with E-state index < -0.39 is 17.5 Å². The first kappa shape index (κ1) is 15.6. The van der Waals surface area contributed by atoms with Crippen LogP contribution in [0.2, 0.25) is 0 Å². The summed E-state index contributed by atoms with van der Waals surface area (Å²) in [7, 11) is 0. The fourth-order valence-electron chi connectivity index (χ4n) is 0.904. The maximum Gasteiger partial charge on any atom is 0.287 e. The number of amidine groups is 2. The highest BCUT2D eigenvalue weighted by molar-refractivity contribution is 6.08. The third-order valence-electron chi connectivity index (χ3n) is 1.40. The summed E-state index contributed by atoms with van der Waals surface area (Å²) in [6, 6.07) is 0. The van der Waals surface area contributed by atoms with E-state index in [2.05, 4.69) is 0 Å². The van der Waals surface area contributed by atoms with E-state index in [1.54, 1.807) is 13.8 Å². The highest BCUT2D eigenvalue weighted by Gasteiger charge is 2.39. The van der Waals surface area contributed by atoms with Gasteiger partial charge in [0.2, 0.25) is 0 Å². The average Bonchev–Trinajstić information content (AvgIpc) is 2.03. The van der Waals surface area contributed by atoms with Crippen molar-refractivity contribution in [3.63, 3.8) is 0 Å². The quantitative estimate of drug-likeness (QED) is 0.290. The Labute approximate surface area is 89.4 Å². The molecule has 0 heterocycles. The summed E-state index contributed by atoms with van der Waals surface area (Å²) < 4.78 is 10.1. The van der Waals surface area contributed by atoms with E-state index in [1.165, 1.54) is 0 Å². The summed E-state index contributed by atoms with van der Waals surface area (Å²) in [5.74, 6) is -2.50. The van der Waals surface area contributed by atoms with Gasteiger partial charge in [0.25, 0.3) is 5.79 Å². The largest absolute Gasteiger partial charge is 0.383 e. The number of hydrogen-bond acceptors (Lipinski definition) is 4. The van der Waals surface area contributed by atoms with Crippen LogP contribution in [-0.2, 0) is 9.47 Å². The number of ether oxygens (including phenoxy) is 2. The van der Waals surface area contributed by atoms with Crippen LogP contribution in [-0.4, -0.2) is 30.7 Å². The van der Waals surface area contributed by atoms with Crippen LogP contribution in [0.5, 0.6) is 0 Å². The molecule has 14 heavy (non-hydrogen) atoms. The highest BCUT2D eigenvalue weighted by atomic mass is 35.5. The Morgan fingerprint density at radius 3 is 1.50 bits per heavy atom. The fraction of sp³-hybridized carbons (Fsp3) is 0.714. The van der Waals surface area contributed by atoms with Crippen molar-refractivity contribution in [1.29, 1.82) is 10.8 Å². The topological polar surface area (TPSA) is 118 Å². The van der Waals surface area contributed by atoms with E-state index in [0.717, 1.165) is 0 Å². The summed E-state index contributed by atoms with van der Waals surface area (Å²) in [5.41, 5.74) is 10.5. The Kier molecular flexibility index (Phi) is 7.34. The van der Waals surface area contributed by atoms with Gasteiger partial charge in [-0.3, -0.25) is 10.8 Å². The molecule has 6 N–H and O–H groups in total. The van der Waals surface area contributed by atoms with Gasteiger partial charge < -0.3 is 20.9 Å². The molecule has 0 spiro atoms. The van der Waals surface area contributed by atoms with Crippen molar-refractivity contribution in [3.05, 3.63) is 0 Å². The molecule has 0 aromatic heterocycles. The van der Waals surface area contributed by atoms with Gasteiger partial charge >= 0.3 is 0 Å². The van der Waals surface area contributed by atoms with Gasteiger partial charge in [-0.1, -0.05) is 0 Å². The zero-order valence-electron chi connectivity index (χ0n) is 8.29. The van der Waals surface area contributed by atoms with Crippen molar-refractivity contribution in [1.82, 2.24) is 0 Å². The smallest absolute Gasteiger partial charge is 0.287 e. The predicted octanol–water partition coefficient (Wildman–Crippen LogP) is 0.0494. The molecular weight excluding hydrogens is 208 g/mol. The van der Waals surface area contributed by atoms with Crippen LogP contribution in [0.15, 0.2) is 0 Å². The van der Waals surface area contributed by atoms with Crippen LogP contribution in [0.4, 0.5) is 0 Å². The molecule has 0 bridgehead atoms. The minimum Gasteiger partial charge on any atom is -0.383 e. The van der Waals surface area contributed by atoms with Gasteiger partial charge in [0.15, 0.2) is 11.7 Å². The van der Waals surface area contributed by atoms with E-state index in [1.807, 2.05) is 0 Å². The third kappa shape index (κ3) is 3.13. The monoisotopic (exact) mass is 224 g/mol. The van der Waals surface area contributed by atoms with Crippen molar-refractivity contribution in [2.24, 2.45) is 11.5 Å². The molecule has 0 aliphatic rings. The molecule has 0 fully saturated rings. The number of rotatable bonds is 6. The molecule has 0 aliphatic heterocycles. The summed E-state index contributed by atoms with van der Waals surface area (Å²) in [6.07, 6.45) is 0. The Morgan fingerprint density at radius 2 is 1.36 bits per heavy atom. The maximum atomic E-state index is 7.24. The maximum absolute atomic E-state index is 7.24. The minimum atomic E-state index is -1.68. The van der Waals surface area contributed by atoms with Crippen molar-refractivity contribution in [2.75, 3.05) is 13.2 Å². The second-order valence-electron chi connectivity index (χ2n) is 2.31. The SMILES string of the molecule is CCOC(OCC)(C(=N)N)C(=N)N.Cl. The van der Waals surface area contributed by atoms with E-state index in [9.17, 15) is 0 Å². The first-order valence-corrected chi connectivity index (χ1v) is 3.98. The number of hydrogen-bond donors (Lipinski definition) is 4. The molecular formula is C7H17ClN4O2. The van der Waals surface area contributed by atoms with Crippen LogP contribution in [0.3, 0.4) is 0 Å². The van der Waals surface area contributed by atoms with Crippen LogP contribution < -0.4 is 11.5 Å². The Morgan fingerprint density at radius 1 is 1.07 bits per heavy atom. The molecule has 0 saturated heterocycles. The zero-order chi connectivity index (χ0) is 10.5. The molecule has 0 aromatic rings. The molecule has 0 radical (unpaired) electrons. The molecule has 0 aromatic carbocycles. The zero-order valence-corrected chi connectivity index (χ0v) is 9.11. The lowest BCUT2D eigenvalue weighted by atomic mass is 10.2. The molecule has 7 heteroatoms. The molecule has 0 atom stereocenters. The van der Waals surface area contributed by atoms with Gasteiger partial charge in [-0.25, -0.2) is 0 Å². The second kappa shape index (κ2) is 6.58. The summed E-state index contributed by atoms with van der Waals surface area (Å²) in [4.78, 5) is 0. The minimum absolute atomic E-state index is 0. The molecule has 0 rings (SSSR count). The number of nitrogens with one attached hydrogen (secondary N) is 2. The van der Waals surface area contributed by atoms with E-state index in [4.69, 9.17) is 31.8 Å². The predicted molar refractivity (Wildman–Crippen MR) is 57.1 cm³/mol. The molecule has 0 saturated carbocycles. The molecule has 6 nitrogen and oxygen atoms in total. The van der Waals surface area contributed by atoms with Gasteiger partial charge in [-0.2, -0.15) is 0 Å². The van der Waals surface area contributed by atoms with Gasteiger partial charge in [0.05, 0.1) is 0 Å². The summed E-state index contributed by atoms with van der Waals surface area (Å²) in [5, 5.41) is 14.5. The van der Waals surface area contributed by atoms with Gasteiger partial charge in [-0.05, 0) is 13.8 Å².